The van der Waals surface area contributed by atoms with E-state index in [0.29, 0.717) is 6.04 Å². The maximum Gasteiger partial charge on any atom is 0.253 e. The molecule has 1 aliphatic rings. The van der Waals surface area contributed by atoms with Crippen molar-refractivity contribution < 1.29 is 4.79 Å². The smallest absolute Gasteiger partial charge is 0.253 e. The van der Waals surface area contributed by atoms with Crippen LogP contribution in [-0.2, 0) is 0 Å². The number of rotatable bonds is 2. The second kappa shape index (κ2) is 6.36. The van der Waals surface area contributed by atoms with Gasteiger partial charge in [0.05, 0.1) is 0 Å². The van der Waals surface area contributed by atoms with Gasteiger partial charge in [-0.05, 0) is 57.9 Å². The Labute approximate surface area is 138 Å². The Morgan fingerprint density at radius 2 is 1.91 bits per heavy atom. The molecular weight excluding hydrogens is 286 g/mol. The minimum Gasteiger partial charge on any atom is -0.358 e. The Morgan fingerprint density at radius 3 is 2.65 bits per heavy atom. The van der Waals surface area contributed by atoms with Crippen LogP contribution in [0.4, 0.5) is 0 Å². The number of H-pyrrole nitrogens is 1. The van der Waals surface area contributed by atoms with E-state index in [1.165, 1.54) is 11.3 Å². The highest BCUT2D eigenvalue weighted by molar-refractivity contribution is 5.99. The number of fused-ring (bicyclic) bond motifs is 1. The summed E-state index contributed by atoms with van der Waals surface area (Å²) in [7, 11) is 0. The van der Waals surface area contributed by atoms with Crippen LogP contribution in [0.5, 0.6) is 0 Å². The summed E-state index contributed by atoms with van der Waals surface area (Å²) in [6.07, 6.45) is 1.05. The molecule has 0 saturated carbocycles. The van der Waals surface area contributed by atoms with Gasteiger partial charge in [0.1, 0.15) is 0 Å². The van der Waals surface area contributed by atoms with Crippen molar-refractivity contribution in [3.05, 3.63) is 35.0 Å². The molecule has 1 amide bonds. The second-order valence-corrected chi connectivity index (χ2v) is 6.91. The number of hydrogen-bond acceptors (Lipinski definition) is 2. The Kier molecular flexibility index (Phi) is 4.44. The number of benzene rings is 1. The van der Waals surface area contributed by atoms with E-state index in [1.54, 1.807) is 0 Å². The van der Waals surface area contributed by atoms with Gasteiger partial charge in [0.2, 0.25) is 0 Å². The molecule has 4 heteroatoms. The normalized spacial score (nSPS) is 17.0. The largest absolute Gasteiger partial charge is 0.358 e. The van der Waals surface area contributed by atoms with E-state index >= 15 is 0 Å². The lowest BCUT2D eigenvalue weighted by atomic mass is 10.1. The monoisotopic (exact) mass is 313 g/mol. The van der Waals surface area contributed by atoms with Crippen molar-refractivity contribution in [1.29, 1.82) is 0 Å². The molecule has 124 valence electrons. The van der Waals surface area contributed by atoms with Crippen LogP contribution in [0.2, 0.25) is 0 Å². The Hall–Kier alpha value is -1.81. The first-order valence-electron chi connectivity index (χ1n) is 8.59. The topological polar surface area (TPSA) is 39.3 Å². The molecule has 0 unspecified atom stereocenters. The highest BCUT2D eigenvalue weighted by Crippen LogP contribution is 2.23. The lowest BCUT2D eigenvalue weighted by Crippen LogP contribution is -2.37. The molecule has 1 aromatic heterocycles. The number of aromatic amines is 1. The minimum atomic E-state index is 0.163. The number of aromatic nitrogens is 1. The summed E-state index contributed by atoms with van der Waals surface area (Å²) in [4.78, 5) is 20.7. The quantitative estimate of drug-likeness (QED) is 0.923. The molecule has 2 heterocycles. The second-order valence-electron chi connectivity index (χ2n) is 6.91. The van der Waals surface area contributed by atoms with Crippen LogP contribution >= 0.6 is 0 Å². The van der Waals surface area contributed by atoms with Crippen molar-refractivity contribution in [3.8, 4) is 0 Å². The predicted molar refractivity (Wildman–Crippen MR) is 95.0 cm³/mol. The lowest BCUT2D eigenvalue weighted by Gasteiger charge is -2.25. The van der Waals surface area contributed by atoms with Crippen LogP contribution in [0.25, 0.3) is 10.9 Å². The maximum absolute atomic E-state index is 12.9. The maximum atomic E-state index is 12.9. The summed E-state index contributed by atoms with van der Waals surface area (Å²) in [5.74, 6) is 0.163. The molecule has 0 aliphatic carbocycles. The summed E-state index contributed by atoms with van der Waals surface area (Å²) in [5, 5.41) is 1.16. The van der Waals surface area contributed by atoms with Gasteiger partial charge in [-0.3, -0.25) is 9.69 Å². The molecule has 1 saturated heterocycles. The van der Waals surface area contributed by atoms with Gasteiger partial charge in [0.25, 0.3) is 5.91 Å². The van der Waals surface area contributed by atoms with E-state index < -0.39 is 0 Å². The molecule has 4 nitrogen and oxygen atoms in total. The van der Waals surface area contributed by atoms with Crippen LogP contribution < -0.4 is 0 Å². The molecule has 1 aliphatic heterocycles. The molecule has 0 spiro atoms. The van der Waals surface area contributed by atoms with Crippen molar-refractivity contribution in [1.82, 2.24) is 14.8 Å². The first-order valence-corrected chi connectivity index (χ1v) is 8.59. The summed E-state index contributed by atoms with van der Waals surface area (Å²) >= 11 is 0. The fourth-order valence-electron chi connectivity index (χ4n) is 3.43. The van der Waals surface area contributed by atoms with Crippen LogP contribution in [0.15, 0.2) is 18.2 Å². The van der Waals surface area contributed by atoms with E-state index in [0.717, 1.165) is 49.1 Å². The summed E-state index contributed by atoms with van der Waals surface area (Å²) < 4.78 is 0. The summed E-state index contributed by atoms with van der Waals surface area (Å²) in [5.41, 5.74) is 4.32. The third-order valence-electron chi connectivity index (χ3n) is 5.10. The molecule has 0 radical (unpaired) electrons. The highest BCUT2D eigenvalue weighted by Gasteiger charge is 2.21. The zero-order valence-corrected chi connectivity index (χ0v) is 14.6. The molecule has 0 atom stereocenters. The van der Waals surface area contributed by atoms with E-state index in [-0.39, 0.29) is 5.91 Å². The van der Waals surface area contributed by atoms with Crippen molar-refractivity contribution in [2.45, 2.75) is 40.2 Å². The Bertz CT molecular complexity index is 717. The number of hydrogen-bond donors (Lipinski definition) is 1. The van der Waals surface area contributed by atoms with Crippen molar-refractivity contribution in [2.75, 3.05) is 26.2 Å². The van der Waals surface area contributed by atoms with Crippen molar-refractivity contribution in [3.63, 3.8) is 0 Å². The molecule has 0 bridgehead atoms. The van der Waals surface area contributed by atoms with Gasteiger partial charge in [-0.15, -0.1) is 0 Å². The number of carbonyl (C=O) groups is 1. The number of nitrogens with one attached hydrogen (secondary N) is 1. The Morgan fingerprint density at radius 1 is 1.13 bits per heavy atom. The number of nitrogens with zero attached hydrogens (tertiary/aromatic N) is 2. The van der Waals surface area contributed by atoms with E-state index in [4.69, 9.17) is 0 Å². The zero-order valence-electron chi connectivity index (χ0n) is 14.6. The fourth-order valence-corrected chi connectivity index (χ4v) is 3.43. The standard InChI is InChI=1S/C19H27N3O/c1-13(2)21-8-5-9-22(11-10-21)19(23)16-6-7-18-17(12-16)14(3)15(4)20-18/h6-7,12-13,20H,5,8-11H2,1-4H3. The Balaban J connectivity index is 1.81. The van der Waals surface area contributed by atoms with Gasteiger partial charge in [-0.2, -0.15) is 0 Å². The average Bonchev–Trinajstić information content (AvgIpc) is 2.72. The summed E-state index contributed by atoms with van der Waals surface area (Å²) in [6.45, 7) is 12.3. The van der Waals surface area contributed by atoms with Gasteiger partial charge in [0.15, 0.2) is 0 Å². The first kappa shape index (κ1) is 16.1. The van der Waals surface area contributed by atoms with E-state index in [1.807, 2.05) is 23.1 Å². The molecule has 1 aromatic carbocycles. The fraction of sp³-hybridized carbons (Fsp3) is 0.526. The SMILES string of the molecule is Cc1[nH]c2ccc(C(=O)N3CCCN(C(C)C)CC3)cc2c1C. The third-order valence-corrected chi connectivity index (χ3v) is 5.10. The highest BCUT2D eigenvalue weighted by atomic mass is 16.2. The number of aryl methyl sites for hydroxylation is 2. The first-order chi connectivity index (χ1) is 11.0. The average molecular weight is 313 g/mol. The molecule has 1 fully saturated rings. The summed E-state index contributed by atoms with van der Waals surface area (Å²) in [6, 6.07) is 6.57. The van der Waals surface area contributed by atoms with Gasteiger partial charge in [-0.25, -0.2) is 0 Å². The molecule has 2 aromatic rings. The predicted octanol–water partition coefficient (Wildman–Crippen LogP) is 3.34. The molecule has 23 heavy (non-hydrogen) atoms. The van der Waals surface area contributed by atoms with Crippen LogP contribution in [0.1, 0.15) is 41.9 Å². The number of amides is 1. The van der Waals surface area contributed by atoms with Gasteiger partial charge >= 0.3 is 0 Å². The van der Waals surface area contributed by atoms with Gasteiger partial charge < -0.3 is 9.88 Å². The third kappa shape index (κ3) is 3.13. The van der Waals surface area contributed by atoms with Crippen LogP contribution in [-0.4, -0.2) is 52.9 Å². The van der Waals surface area contributed by atoms with Crippen molar-refractivity contribution >= 4 is 16.8 Å². The van der Waals surface area contributed by atoms with Crippen LogP contribution in [0, 0.1) is 13.8 Å². The lowest BCUT2D eigenvalue weighted by molar-refractivity contribution is 0.0759. The minimum absolute atomic E-state index is 0.163. The zero-order chi connectivity index (χ0) is 16.6. The van der Waals surface area contributed by atoms with E-state index in [2.05, 4.69) is 37.6 Å². The van der Waals surface area contributed by atoms with Gasteiger partial charge in [0, 0.05) is 54.4 Å². The van der Waals surface area contributed by atoms with Crippen LogP contribution in [0.3, 0.4) is 0 Å². The number of carbonyl (C=O) groups excluding carboxylic acids is 1. The van der Waals surface area contributed by atoms with Crippen molar-refractivity contribution in [2.24, 2.45) is 0 Å². The van der Waals surface area contributed by atoms with E-state index in [9.17, 15) is 4.79 Å². The molecular formula is C19H27N3O. The van der Waals surface area contributed by atoms with Gasteiger partial charge in [-0.1, -0.05) is 0 Å². The molecule has 1 N–H and O–H groups in total. The molecule has 3 rings (SSSR count).